The molecule has 0 aliphatic heterocycles. The molecule has 0 fully saturated rings. The predicted molar refractivity (Wildman–Crippen MR) is 65.8 cm³/mol. The van der Waals surface area contributed by atoms with E-state index in [1.54, 1.807) is 11.3 Å². The van der Waals surface area contributed by atoms with Gasteiger partial charge in [0.15, 0.2) is 0 Å². The van der Waals surface area contributed by atoms with Gasteiger partial charge in [0.1, 0.15) is 0 Å². The Morgan fingerprint density at radius 2 is 2.19 bits per heavy atom. The van der Waals surface area contributed by atoms with E-state index in [0.29, 0.717) is 6.42 Å². The second-order valence-corrected chi connectivity index (χ2v) is 4.73. The first kappa shape index (κ1) is 11.1. The highest BCUT2D eigenvalue weighted by atomic mass is 32.1. The van der Waals surface area contributed by atoms with Crippen molar-refractivity contribution in [3.63, 3.8) is 0 Å². The van der Waals surface area contributed by atoms with Gasteiger partial charge in [0.05, 0.1) is 6.42 Å². The highest BCUT2D eigenvalue weighted by Crippen LogP contribution is 2.26. The van der Waals surface area contributed by atoms with Crippen molar-refractivity contribution < 1.29 is 9.90 Å². The number of aliphatic carboxylic acids is 1. The van der Waals surface area contributed by atoms with Crippen molar-refractivity contribution in [2.75, 3.05) is 0 Å². The molecule has 2 rings (SSSR count). The third-order valence-corrected chi connectivity index (χ3v) is 3.49. The lowest BCUT2D eigenvalue weighted by atomic mass is 10.0. The monoisotopic (exact) mass is 235 g/mol. The zero-order valence-corrected chi connectivity index (χ0v) is 9.54. The minimum atomic E-state index is -0.841. The van der Waals surface area contributed by atoms with Crippen molar-refractivity contribution >= 4 is 27.4 Å². The van der Waals surface area contributed by atoms with Crippen molar-refractivity contribution in [2.24, 2.45) is 5.73 Å². The largest absolute Gasteiger partial charge is 0.481 e. The summed E-state index contributed by atoms with van der Waals surface area (Å²) in [6, 6.07) is 7.79. The standard InChI is InChI=1S/C12H13NO2S/c13-9(6-12(14)15)5-8-7-16-11-4-2-1-3-10(8)11/h1-4,7,9H,5-6,13H2,(H,14,15). The predicted octanol–water partition coefficient (Wildman–Crippen LogP) is 2.25. The van der Waals surface area contributed by atoms with Crippen LogP contribution in [0.15, 0.2) is 29.6 Å². The van der Waals surface area contributed by atoms with Crippen LogP contribution in [0.3, 0.4) is 0 Å². The van der Waals surface area contributed by atoms with Gasteiger partial charge in [0, 0.05) is 10.7 Å². The number of carbonyl (C=O) groups is 1. The summed E-state index contributed by atoms with van der Waals surface area (Å²) in [5, 5.41) is 11.9. The number of carboxylic acids is 1. The Hall–Kier alpha value is -1.39. The molecule has 84 valence electrons. The van der Waals surface area contributed by atoms with E-state index in [1.165, 1.54) is 10.1 Å². The van der Waals surface area contributed by atoms with Gasteiger partial charge in [-0.2, -0.15) is 0 Å². The zero-order valence-electron chi connectivity index (χ0n) is 8.72. The molecule has 1 atom stereocenters. The Morgan fingerprint density at radius 1 is 1.44 bits per heavy atom. The summed E-state index contributed by atoms with van der Waals surface area (Å²) in [5.41, 5.74) is 6.93. The maximum Gasteiger partial charge on any atom is 0.304 e. The van der Waals surface area contributed by atoms with Gasteiger partial charge >= 0.3 is 5.97 Å². The van der Waals surface area contributed by atoms with E-state index in [-0.39, 0.29) is 12.5 Å². The fourth-order valence-electron chi connectivity index (χ4n) is 1.77. The lowest BCUT2D eigenvalue weighted by Gasteiger charge is -2.07. The highest BCUT2D eigenvalue weighted by Gasteiger charge is 2.11. The van der Waals surface area contributed by atoms with Gasteiger partial charge < -0.3 is 10.8 Å². The van der Waals surface area contributed by atoms with E-state index in [9.17, 15) is 4.79 Å². The number of hydrogen-bond acceptors (Lipinski definition) is 3. The summed E-state index contributed by atoms with van der Waals surface area (Å²) in [5.74, 6) is -0.841. The number of nitrogens with two attached hydrogens (primary N) is 1. The van der Waals surface area contributed by atoms with Crippen LogP contribution in [0.4, 0.5) is 0 Å². The number of fused-ring (bicyclic) bond motifs is 1. The maximum atomic E-state index is 10.5. The van der Waals surface area contributed by atoms with Gasteiger partial charge in [-0.3, -0.25) is 4.79 Å². The fraction of sp³-hybridized carbons (Fsp3) is 0.250. The molecule has 0 aliphatic carbocycles. The molecular formula is C12H13NO2S. The molecule has 0 saturated heterocycles. The Kier molecular flexibility index (Phi) is 3.22. The molecule has 1 unspecified atom stereocenters. The molecule has 0 aliphatic rings. The van der Waals surface area contributed by atoms with Crippen LogP contribution in [0.1, 0.15) is 12.0 Å². The molecule has 0 bridgehead atoms. The first-order chi connectivity index (χ1) is 7.66. The zero-order chi connectivity index (χ0) is 11.5. The van der Waals surface area contributed by atoms with Crippen molar-refractivity contribution in [1.29, 1.82) is 0 Å². The molecule has 1 aromatic heterocycles. The SMILES string of the molecule is NC(CC(=O)O)Cc1csc2ccccc12. The summed E-state index contributed by atoms with van der Waals surface area (Å²) in [4.78, 5) is 10.5. The van der Waals surface area contributed by atoms with Crippen molar-refractivity contribution in [3.8, 4) is 0 Å². The molecule has 16 heavy (non-hydrogen) atoms. The smallest absolute Gasteiger partial charge is 0.304 e. The topological polar surface area (TPSA) is 63.3 Å². The van der Waals surface area contributed by atoms with Crippen LogP contribution in [-0.4, -0.2) is 17.1 Å². The summed E-state index contributed by atoms with van der Waals surface area (Å²) in [6.45, 7) is 0. The Morgan fingerprint density at radius 3 is 2.94 bits per heavy atom. The summed E-state index contributed by atoms with van der Waals surface area (Å²) >= 11 is 1.67. The van der Waals surface area contributed by atoms with Gasteiger partial charge in [0.2, 0.25) is 0 Å². The number of carboxylic acid groups (broad SMARTS) is 1. The highest BCUT2D eigenvalue weighted by molar-refractivity contribution is 7.17. The summed E-state index contributed by atoms with van der Waals surface area (Å²) in [6.07, 6.45) is 0.639. The van der Waals surface area contributed by atoms with Crippen LogP contribution in [-0.2, 0) is 11.2 Å². The van der Waals surface area contributed by atoms with Crippen LogP contribution in [0, 0.1) is 0 Å². The average molecular weight is 235 g/mol. The molecular weight excluding hydrogens is 222 g/mol. The van der Waals surface area contributed by atoms with Crippen LogP contribution >= 0.6 is 11.3 Å². The van der Waals surface area contributed by atoms with Crippen molar-refractivity contribution in [3.05, 3.63) is 35.2 Å². The number of thiophene rings is 1. The Bertz CT molecular complexity index is 506. The summed E-state index contributed by atoms with van der Waals surface area (Å²) < 4.78 is 1.22. The average Bonchev–Trinajstić information content (AvgIpc) is 2.61. The van der Waals surface area contributed by atoms with E-state index in [1.807, 2.05) is 12.1 Å². The van der Waals surface area contributed by atoms with Gasteiger partial charge in [-0.1, -0.05) is 18.2 Å². The van der Waals surface area contributed by atoms with E-state index >= 15 is 0 Å². The van der Waals surface area contributed by atoms with Crippen LogP contribution in [0.25, 0.3) is 10.1 Å². The number of benzene rings is 1. The van der Waals surface area contributed by atoms with Gasteiger partial charge in [-0.15, -0.1) is 11.3 Å². The van der Waals surface area contributed by atoms with Crippen molar-refractivity contribution in [2.45, 2.75) is 18.9 Å². The normalized spacial score (nSPS) is 12.8. The van der Waals surface area contributed by atoms with Gasteiger partial charge in [-0.05, 0) is 28.8 Å². The number of hydrogen-bond donors (Lipinski definition) is 2. The molecule has 2 aromatic rings. The first-order valence-corrected chi connectivity index (χ1v) is 5.97. The molecule has 3 nitrogen and oxygen atoms in total. The lowest BCUT2D eigenvalue weighted by Crippen LogP contribution is -2.25. The summed E-state index contributed by atoms with van der Waals surface area (Å²) in [7, 11) is 0. The second kappa shape index (κ2) is 4.63. The van der Waals surface area contributed by atoms with E-state index < -0.39 is 5.97 Å². The quantitative estimate of drug-likeness (QED) is 0.854. The molecule has 0 saturated carbocycles. The minimum Gasteiger partial charge on any atom is -0.481 e. The molecule has 4 heteroatoms. The molecule has 1 aromatic carbocycles. The molecule has 1 heterocycles. The van der Waals surface area contributed by atoms with Crippen LogP contribution in [0.5, 0.6) is 0 Å². The minimum absolute atomic E-state index is 0.0180. The second-order valence-electron chi connectivity index (χ2n) is 3.82. The lowest BCUT2D eigenvalue weighted by molar-refractivity contribution is -0.137. The third kappa shape index (κ3) is 2.40. The van der Waals surface area contributed by atoms with Crippen molar-refractivity contribution in [1.82, 2.24) is 0 Å². The maximum absolute atomic E-state index is 10.5. The molecule has 0 radical (unpaired) electrons. The van der Waals surface area contributed by atoms with E-state index in [0.717, 1.165) is 5.56 Å². The van der Waals surface area contributed by atoms with Gasteiger partial charge in [-0.25, -0.2) is 0 Å². The molecule has 0 amide bonds. The van der Waals surface area contributed by atoms with Gasteiger partial charge in [0.25, 0.3) is 0 Å². The van der Waals surface area contributed by atoms with E-state index in [4.69, 9.17) is 10.8 Å². The molecule has 3 N–H and O–H groups in total. The number of rotatable bonds is 4. The Labute approximate surface area is 97.5 Å². The molecule has 0 spiro atoms. The first-order valence-electron chi connectivity index (χ1n) is 5.09. The third-order valence-electron chi connectivity index (χ3n) is 2.48. The van der Waals surface area contributed by atoms with Crippen LogP contribution < -0.4 is 5.73 Å². The van der Waals surface area contributed by atoms with Crippen LogP contribution in [0.2, 0.25) is 0 Å². The Balaban J connectivity index is 2.18. The van der Waals surface area contributed by atoms with E-state index in [2.05, 4.69) is 17.5 Å². The fourth-order valence-corrected chi connectivity index (χ4v) is 2.75.